The van der Waals surface area contributed by atoms with Crippen molar-refractivity contribution in [2.45, 2.75) is 103 Å². The largest absolute Gasteiger partial charge is 0.456 e. The molecule has 256 valence electrons. The minimum Gasteiger partial charge on any atom is -0.456 e. The van der Waals surface area contributed by atoms with Gasteiger partial charge in [0.15, 0.2) is 0 Å². The smallest absolute Gasteiger partial charge is 0.408 e. The van der Waals surface area contributed by atoms with E-state index in [1.807, 2.05) is 29.2 Å². The van der Waals surface area contributed by atoms with E-state index >= 15 is 0 Å². The third kappa shape index (κ3) is 10.8. The number of ether oxygens (including phenoxy) is 3. The molecule has 2 aromatic carbocycles. The first kappa shape index (κ1) is 35.9. The molecule has 3 amide bonds. The fourth-order valence-corrected chi connectivity index (χ4v) is 5.88. The lowest BCUT2D eigenvalue weighted by molar-refractivity contribution is -0.122. The third-order valence-electron chi connectivity index (χ3n) is 8.23. The lowest BCUT2D eigenvalue weighted by Crippen LogP contribution is -2.54. The summed E-state index contributed by atoms with van der Waals surface area (Å²) in [5.74, 6) is -0.841. The highest BCUT2D eigenvalue weighted by atomic mass is 16.6. The molecule has 11 nitrogen and oxygen atoms in total. The number of anilines is 2. The van der Waals surface area contributed by atoms with Crippen LogP contribution in [0.4, 0.5) is 16.2 Å². The van der Waals surface area contributed by atoms with Gasteiger partial charge < -0.3 is 29.7 Å². The van der Waals surface area contributed by atoms with Crippen molar-refractivity contribution < 1.29 is 33.4 Å². The Morgan fingerprint density at radius 1 is 0.851 bits per heavy atom. The Hall–Kier alpha value is -3.96. The molecular weight excluding hydrogens is 600 g/mol. The van der Waals surface area contributed by atoms with Crippen LogP contribution in [0.1, 0.15) is 83.1 Å². The van der Waals surface area contributed by atoms with E-state index < -0.39 is 35.2 Å². The summed E-state index contributed by atoms with van der Waals surface area (Å²) < 4.78 is 16.3. The number of nitrogens with zero attached hydrogens (tertiary/aromatic N) is 2. The number of rotatable bonds is 9. The van der Waals surface area contributed by atoms with Crippen LogP contribution in [0.5, 0.6) is 0 Å². The van der Waals surface area contributed by atoms with E-state index in [1.165, 1.54) is 0 Å². The SMILES string of the molecule is COC1CCC(N2CCN(c3ccc(C[C@H](NC(=O)OC(C)(C)C)C(=O)Nc4ccc(C(=O)OC(C)(C)C)cc4)cc3)C(=O)C2)CC1. The number of hydrogen-bond acceptors (Lipinski definition) is 8. The van der Waals surface area contributed by atoms with Crippen molar-refractivity contribution in [1.82, 2.24) is 10.2 Å². The van der Waals surface area contributed by atoms with Crippen molar-refractivity contribution in [3.05, 3.63) is 59.7 Å². The van der Waals surface area contributed by atoms with Crippen molar-refractivity contribution in [2.24, 2.45) is 0 Å². The van der Waals surface area contributed by atoms with Gasteiger partial charge in [0.05, 0.1) is 18.2 Å². The van der Waals surface area contributed by atoms with Crippen LogP contribution in [0.25, 0.3) is 0 Å². The number of benzene rings is 2. The van der Waals surface area contributed by atoms with E-state index in [0.29, 0.717) is 36.5 Å². The molecule has 2 aromatic rings. The first-order valence-corrected chi connectivity index (χ1v) is 16.4. The predicted octanol–water partition coefficient (Wildman–Crippen LogP) is 5.32. The Balaban J connectivity index is 1.40. The molecule has 0 aromatic heterocycles. The highest BCUT2D eigenvalue weighted by Gasteiger charge is 2.32. The number of carbonyl (C=O) groups excluding carboxylic acids is 4. The predicted molar refractivity (Wildman–Crippen MR) is 181 cm³/mol. The molecule has 2 fully saturated rings. The number of carbonyl (C=O) groups is 4. The first-order chi connectivity index (χ1) is 22.1. The van der Waals surface area contributed by atoms with Crippen LogP contribution in [0, 0.1) is 0 Å². The maximum atomic E-state index is 13.4. The molecule has 1 saturated heterocycles. The average Bonchev–Trinajstić information content (AvgIpc) is 3.00. The second-order valence-corrected chi connectivity index (χ2v) is 14.3. The maximum Gasteiger partial charge on any atom is 0.408 e. The molecule has 11 heteroatoms. The summed E-state index contributed by atoms with van der Waals surface area (Å²) in [4.78, 5) is 55.8. The number of methoxy groups -OCH3 is 1. The quantitative estimate of drug-likeness (QED) is 0.349. The van der Waals surface area contributed by atoms with E-state index in [0.717, 1.165) is 43.5 Å². The van der Waals surface area contributed by atoms with Gasteiger partial charge in [-0.15, -0.1) is 0 Å². The summed E-state index contributed by atoms with van der Waals surface area (Å²) >= 11 is 0. The molecule has 1 atom stereocenters. The van der Waals surface area contributed by atoms with Crippen molar-refractivity contribution in [2.75, 3.05) is 37.0 Å². The zero-order chi connectivity index (χ0) is 34.4. The van der Waals surface area contributed by atoms with Gasteiger partial charge in [-0.05, 0) is 109 Å². The van der Waals surface area contributed by atoms with E-state index in [9.17, 15) is 19.2 Å². The zero-order valence-corrected chi connectivity index (χ0v) is 28.8. The Labute approximate surface area is 278 Å². The minimum atomic E-state index is -0.959. The fourth-order valence-electron chi connectivity index (χ4n) is 5.88. The van der Waals surface area contributed by atoms with Gasteiger partial charge in [-0.25, -0.2) is 9.59 Å². The van der Waals surface area contributed by atoms with Crippen LogP contribution in [-0.4, -0.2) is 84.9 Å². The molecule has 0 bridgehead atoms. The molecule has 2 aliphatic rings. The van der Waals surface area contributed by atoms with Crippen molar-refractivity contribution in [1.29, 1.82) is 0 Å². The lowest BCUT2D eigenvalue weighted by Gasteiger charge is -2.41. The standard InChI is InChI=1S/C36H50N4O7/c1-35(2,3)46-33(43)25-10-12-26(13-11-25)37-32(42)30(38-34(44)47-36(4,5)6)22-24-8-14-28(15-9-24)40-21-20-39(23-31(40)41)27-16-18-29(45-7)19-17-27/h8-15,27,29-30H,16-23H2,1-7H3,(H,37,42)(H,38,44)/t27?,29?,30-/m0/s1. The summed E-state index contributed by atoms with van der Waals surface area (Å²) in [6.45, 7) is 12.4. The summed E-state index contributed by atoms with van der Waals surface area (Å²) in [5.41, 5.74) is 1.04. The highest BCUT2D eigenvalue weighted by molar-refractivity contribution is 5.98. The van der Waals surface area contributed by atoms with Crippen LogP contribution < -0.4 is 15.5 Å². The molecule has 4 rings (SSSR count). The second-order valence-electron chi connectivity index (χ2n) is 14.3. The van der Waals surface area contributed by atoms with Gasteiger partial charge in [-0.3, -0.25) is 14.5 Å². The maximum absolute atomic E-state index is 13.4. The molecule has 47 heavy (non-hydrogen) atoms. The summed E-state index contributed by atoms with van der Waals surface area (Å²) in [6, 6.07) is 13.3. The van der Waals surface area contributed by atoms with Gasteiger partial charge in [-0.1, -0.05) is 12.1 Å². The summed E-state index contributed by atoms with van der Waals surface area (Å²) in [6.07, 6.45) is 3.94. The number of amides is 3. The number of esters is 1. The molecule has 1 aliphatic carbocycles. The molecule has 1 heterocycles. The molecule has 0 radical (unpaired) electrons. The Bertz CT molecular complexity index is 1390. The zero-order valence-electron chi connectivity index (χ0n) is 28.8. The van der Waals surface area contributed by atoms with Crippen LogP contribution in [0.15, 0.2) is 48.5 Å². The van der Waals surface area contributed by atoms with Crippen molar-refractivity contribution in [3.8, 4) is 0 Å². The number of hydrogen-bond donors (Lipinski definition) is 2. The third-order valence-corrected chi connectivity index (χ3v) is 8.23. The van der Waals surface area contributed by atoms with Crippen LogP contribution in [0.3, 0.4) is 0 Å². The van der Waals surface area contributed by atoms with Crippen LogP contribution in [-0.2, 0) is 30.2 Å². The number of piperazine rings is 1. The van der Waals surface area contributed by atoms with Crippen LogP contribution in [0.2, 0.25) is 0 Å². The van der Waals surface area contributed by atoms with Gasteiger partial charge in [0, 0.05) is 44.0 Å². The molecule has 0 unspecified atom stereocenters. The van der Waals surface area contributed by atoms with Crippen molar-refractivity contribution >= 4 is 35.3 Å². The first-order valence-electron chi connectivity index (χ1n) is 16.4. The number of alkyl carbamates (subject to hydrolysis) is 1. The Kier molecular flexibility index (Phi) is 11.7. The highest BCUT2D eigenvalue weighted by Crippen LogP contribution is 2.27. The molecular formula is C36H50N4O7. The minimum absolute atomic E-state index is 0.0689. The normalized spacial score (nSPS) is 19.9. The van der Waals surface area contributed by atoms with Gasteiger partial charge in [-0.2, -0.15) is 0 Å². The number of nitrogens with one attached hydrogen (secondary N) is 2. The molecule has 2 N–H and O–H groups in total. The van der Waals surface area contributed by atoms with E-state index in [1.54, 1.807) is 72.9 Å². The van der Waals surface area contributed by atoms with E-state index in [2.05, 4.69) is 15.5 Å². The molecule has 1 aliphatic heterocycles. The van der Waals surface area contributed by atoms with Crippen molar-refractivity contribution in [3.63, 3.8) is 0 Å². The molecule has 1 saturated carbocycles. The van der Waals surface area contributed by atoms with Crippen LogP contribution >= 0.6 is 0 Å². The van der Waals surface area contributed by atoms with Gasteiger partial charge in [0.25, 0.3) is 0 Å². The summed E-state index contributed by atoms with van der Waals surface area (Å²) in [5, 5.41) is 5.52. The Morgan fingerprint density at radius 3 is 2.02 bits per heavy atom. The average molecular weight is 651 g/mol. The van der Waals surface area contributed by atoms with Gasteiger partial charge in [0.1, 0.15) is 17.2 Å². The molecule has 0 spiro atoms. The van der Waals surface area contributed by atoms with E-state index in [4.69, 9.17) is 14.2 Å². The fraction of sp³-hybridized carbons (Fsp3) is 0.556. The topological polar surface area (TPSA) is 127 Å². The van der Waals surface area contributed by atoms with E-state index in [-0.39, 0.29) is 12.3 Å². The monoisotopic (exact) mass is 650 g/mol. The van der Waals surface area contributed by atoms with Gasteiger partial charge in [0.2, 0.25) is 11.8 Å². The summed E-state index contributed by atoms with van der Waals surface area (Å²) in [7, 11) is 1.76. The Morgan fingerprint density at radius 2 is 1.47 bits per heavy atom. The lowest BCUT2D eigenvalue weighted by atomic mass is 9.91. The van der Waals surface area contributed by atoms with Gasteiger partial charge >= 0.3 is 12.1 Å². The second kappa shape index (κ2) is 15.3.